The van der Waals surface area contributed by atoms with Crippen molar-refractivity contribution in [3.8, 4) is 11.3 Å². The van der Waals surface area contributed by atoms with Gasteiger partial charge in [0.05, 0.1) is 23.6 Å². The number of pyridine rings is 1. The molecule has 220 valence electrons. The summed E-state index contributed by atoms with van der Waals surface area (Å²) < 4.78 is 2.54. The predicted molar refractivity (Wildman–Crippen MR) is 155 cm³/mol. The summed E-state index contributed by atoms with van der Waals surface area (Å²) in [6.45, 7) is 3.22. The number of carboxylic acids is 1. The lowest BCUT2D eigenvalue weighted by atomic mass is 10.0. The van der Waals surface area contributed by atoms with Crippen LogP contribution in [0.15, 0.2) is 61.2 Å². The first kappa shape index (κ1) is 29.9. The van der Waals surface area contributed by atoms with E-state index < -0.39 is 29.2 Å². The average molecular weight is 649 g/mol. The number of carbonyl (C=O) groups excluding carboxylic acids is 4. The number of amidine groups is 1. The van der Waals surface area contributed by atoms with Crippen LogP contribution in [0.25, 0.3) is 11.3 Å². The molecule has 0 spiro atoms. The Kier molecular flexibility index (Phi) is 9.07. The van der Waals surface area contributed by atoms with Crippen LogP contribution in [0.4, 0.5) is 0 Å². The number of amides is 3. The number of nitrogens with zero attached hydrogens (tertiary/aromatic N) is 5. The molecule has 0 bridgehead atoms. The molecule has 2 aromatic rings. The second-order valence-corrected chi connectivity index (χ2v) is 13.0. The minimum Gasteiger partial charge on any atom is -0.543 e. The lowest BCUT2D eigenvalue weighted by Crippen LogP contribution is -2.71. The van der Waals surface area contributed by atoms with Gasteiger partial charge in [-0.15, -0.1) is 23.1 Å². The van der Waals surface area contributed by atoms with Crippen molar-refractivity contribution in [1.82, 2.24) is 30.4 Å². The molecule has 3 N–H and O–H groups in total. The normalized spacial score (nSPS) is 20.1. The van der Waals surface area contributed by atoms with Crippen molar-refractivity contribution in [2.24, 2.45) is 12.2 Å². The second kappa shape index (κ2) is 12.7. The first-order chi connectivity index (χ1) is 20.2. The topological polar surface area (TPSA) is 172 Å². The molecule has 2 atom stereocenters. The fourth-order valence-corrected chi connectivity index (χ4v) is 8.15. The lowest BCUT2D eigenvalue weighted by Gasteiger charge is -2.50. The quantitative estimate of drug-likeness (QED) is 0.0864. The van der Waals surface area contributed by atoms with Gasteiger partial charge in [-0.2, -0.15) is 4.83 Å². The third-order valence-electron chi connectivity index (χ3n) is 5.89. The van der Waals surface area contributed by atoms with Crippen LogP contribution in [-0.2, 0) is 31.1 Å². The summed E-state index contributed by atoms with van der Waals surface area (Å²) in [6, 6.07) is 2.87. The van der Waals surface area contributed by atoms with Crippen LogP contribution in [0.1, 0.15) is 13.8 Å². The van der Waals surface area contributed by atoms with Crippen molar-refractivity contribution in [2.75, 3.05) is 12.4 Å². The Morgan fingerprint density at radius 1 is 1.33 bits per heavy atom. The predicted octanol–water partition coefficient (Wildman–Crippen LogP) is -0.158. The molecule has 18 heteroatoms. The number of carbonyl (C=O) groups is 4. The Balaban J connectivity index is 1.30. The van der Waals surface area contributed by atoms with Crippen LogP contribution in [0.5, 0.6) is 0 Å². The Labute approximate surface area is 256 Å². The number of carboxylic acid groups (broad SMARTS) is 1. The maximum absolute atomic E-state index is 13.2. The van der Waals surface area contributed by atoms with Gasteiger partial charge in [-0.3, -0.25) is 19.3 Å². The number of fused-ring (bicyclic) bond motifs is 1. The third kappa shape index (κ3) is 6.26. The van der Waals surface area contributed by atoms with Gasteiger partial charge in [-0.25, -0.2) is 14.6 Å². The highest BCUT2D eigenvalue weighted by atomic mass is 32.2. The molecule has 0 unspecified atom stereocenters. The van der Waals surface area contributed by atoms with E-state index in [4.69, 9.17) is 4.84 Å². The van der Waals surface area contributed by atoms with Gasteiger partial charge in [0.25, 0.3) is 17.6 Å². The third-order valence-corrected chi connectivity index (χ3v) is 10.1. The number of aliphatic carboxylic acids is 1. The lowest BCUT2D eigenvalue weighted by molar-refractivity contribution is -0.671. The highest BCUT2D eigenvalue weighted by molar-refractivity contribution is 8.07. The smallest absolute Gasteiger partial charge is 0.292 e. The Hall–Kier alpha value is -3.58. The zero-order chi connectivity index (χ0) is 30.0. The molecule has 42 heavy (non-hydrogen) atoms. The van der Waals surface area contributed by atoms with Crippen molar-refractivity contribution in [3.05, 3.63) is 51.7 Å². The van der Waals surface area contributed by atoms with Crippen LogP contribution >= 0.6 is 46.8 Å². The van der Waals surface area contributed by atoms with Gasteiger partial charge in [-0.05, 0) is 18.9 Å². The first-order valence-corrected chi connectivity index (χ1v) is 15.9. The maximum Gasteiger partial charge on any atom is 0.292 e. The van der Waals surface area contributed by atoms with E-state index in [1.54, 1.807) is 6.92 Å². The van der Waals surface area contributed by atoms with Gasteiger partial charge in [0.15, 0.2) is 16.7 Å². The second-order valence-electron chi connectivity index (χ2n) is 8.84. The minimum absolute atomic E-state index is 0.180. The summed E-state index contributed by atoms with van der Waals surface area (Å²) in [5.74, 6) is -3.05. The van der Waals surface area contributed by atoms with Crippen molar-refractivity contribution in [1.29, 1.82) is 0 Å². The van der Waals surface area contributed by atoms with Gasteiger partial charge in [-0.1, -0.05) is 16.9 Å². The Morgan fingerprint density at radius 3 is 2.79 bits per heavy atom. The number of hydrogen-bond donors (Lipinski definition) is 3. The van der Waals surface area contributed by atoms with E-state index in [2.05, 4.69) is 25.6 Å². The SMILES string of the molecule is CCON=C(C(=O)N[C@@H]1C(=O)N2C(C(=O)[O-])=C(Sc3nc(-c4cc[n+](C)cc4)cs3)CS[C@H]12)N1C=C(NC(C)=O)SN1. The van der Waals surface area contributed by atoms with E-state index >= 15 is 0 Å². The van der Waals surface area contributed by atoms with Crippen LogP contribution < -0.4 is 25.1 Å². The van der Waals surface area contributed by atoms with E-state index in [-0.39, 0.29) is 29.8 Å². The summed E-state index contributed by atoms with van der Waals surface area (Å²) in [4.78, 5) is 64.0. The van der Waals surface area contributed by atoms with Crippen LogP contribution in [0, 0.1) is 0 Å². The van der Waals surface area contributed by atoms with Crippen molar-refractivity contribution in [3.63, 3.8) is 0 Å². The molecule has 0 radical (unpaired) electrons. The van der Waals surface area contributed by atoms with Gasteiger partial charge < -0.3 is 25.4 Å². The number of β-lactam (4-membered cyclic amide) rings is 1. The monoisotopic (exact) mass is 648 g/mol. The number of aromatic nitrogens is 2. The van der Waals surface area contributed by atoms with Gasteiger partial charge in [0.1, 0.15) is 30.1 Å². The van der Waals surface area contributed by atoms with E-state index in [0.717, 1.165) is 28.1 Å². The summed E-state index contributed by atoms with van der Waals surface area (Å²) in [5.41, 5.74) is 1.46. The highest BCUT2D eigenvalue weighted by Crippen LogP contribution is 2.45. The zero-order valence-electron chi connectivity index (χ0n) is 22.4. The molecule has 5 rings (SSSR count). The number of rotatable bonds is 8. The zero-order valence-corrected chi connectivity index (χ0v) is 25.6. The van der Waals surface area contributed by atoms with Crippen LogP contribution in [-0.4, -0.2) is 68.2 Å². The summed E-state index contributed by atoms with van der Waals surface area (Å²) in [5, 5.41) is 24.2. The van der Waals surface area contributed by atoms with Crippen LogP contribution in [0.3, 0.4) is 0 Å². The molecule has 14 nitrogen and oxygen atoms in total. The fraction of sp³-hybridized carbons (Fsp3) is 0.292. The Bertz CT molecular complexity index is 1520. The van der Waals surface area contributed by atoms with E-state index in [1.807, 2.05) is 41.5 Å². The molecule has 3 aliphatic heterocycles. The molecule has 2 aromatic heterocycles. The van der Waals surface area contributed by atoms with Crippen molar-refractivity contribution < 1.29 is 33.7 Å². The minimum atomic E-state index is -1.49. The standard InChI is InChI=1S/C24H24N8O6S4/c1-4-38-28-19(31-9-16(42-29-31)25-12(2)33)20(34)27-17-21(35)32-18(23(36)37)15(11-39-22(17)32)41-24-26-14(10-40-24)13-5-7-30(3)8-6-13/h5-10,17,22,29H,4,11H2,1-3H3,(H2-,25,27,33,34,36,37)/t17-,22-/m1/s1. The molecule has 3 aliphatic rings. The fourth-order valence-electron chi connectivity index (χ4n) is 4.00. The molecule has 1 fully saturated rings. The first-order valence-electron chi connectivity index (χ1n) is 12.4. The summed E-state index contributed by atoms with van der Waals surface area (Å²) in [7, 11) is 1.92. The molecule has 0 aliphatic carbocycles. The van der Waals surface area contributed by atoms with Crippen molar-refractivity contribution >= 4 is 76.3 Å². The van der Waals surface area contributed by atoms with Crippen molar-refractivity contribution in [2.45, 2.75) is 29.6 Å². The number of hydrazine groups is 1. The molecular formula is C24H24N8O6S4. The van der Waals surface area contributed by atoms with Gasteiger partial charge >= 0.3 is 0 Å². The molecule has 5 heterocycles. The van der Waals surface area contributed by atoms with Crippen LogP contribution in [0.2, 0.25) is 0 Å². The summed E-state index contributed by atoms with van der Waals surface area (Å²) >= 11 is 4.92. The van der Waals surface area contributed by atoms with E-state index in [1.165, 1.54) is 53.0 Å². The number of hydrogen-bond acceptors (Lipinski definition) is 13. The number of nitrogens with one attached hydrogen (secondary N) is 3. The average Bonchev–Trinajstić information content (AvgIpc) is 3.61. The number of thioether (sulfide) groups is 2. The van der Waals surface area contributed by atoms with Gasteiger partial charge in [0, 0.05) is 40.7 Å². The maximum atomic E-state index is 13.2. The molecule has 1 saturated heterocycles. The number of oxime groups is 1. The molecule has 0 aromatic carbocycles. The summed E-state index contributed by atoms with van der Waals surface area (Å²) in [6.07, 6.45) is 5.26. The highest BCUT2D eigenvalue weighted by Gasteiger charge is 2.53. The molecule has 0 saturated carbocycles. The number of aryl methyl sites for hydroxylation is 1. The van der Waals surface area contributed by atoms with E-state index in [0.29, 0.717) is 14.3 Å². The van der Waals surface area contributed by atoms with E-state index in [9.17, 15) is 24.3 Å². The molecular weight excluding hydrogens is 625 g/mol. The van der Waals surface area contributed by atoms with Gasteiger partial charge in [0.2, 0.25) is 5.91 Å². The number of thiazole rings is 1. The molecule has 3 amide bonds. The largest absolute Gasteiger partial charge is 0.543 e. The Morgan fingerprint density at radius 2 is 2.10 bits per heavy atom.